The molecular weight excluding hydrogens is 322 g/mol. The maximum absolute atomic E-state index is 13.1. The lowest BCUT2D eigenvalue weighted by Gasteiger charge is -2.12. The lowest BCUT2D eigenvalue weighted by Crippen LogP contribution is -2.32. The molecular formula is C15H18F2N4O3. The van der Waals surface area contributed by atoms with Gasteiger partial charge in [-0.2, -0.15) is 5.10 Å². The van der Waals surface area contributed by atoms with Crippen LogP contribution in [0.25, 0.3) is 0 Å². The van der Waals surface area contributed by atoms with Gasteiger partial charge in [0.1, 0.15) is 0 Å². The van der Waals surface area contributed by atoms with Crippen LogP contribution in [0.2, 0.25) is 0 Å². The Balaban J connectivity index is 1.81. The molecule has 0 saturated heterocycles. The Hall–Kier alpha value is -2.52. The van der Waals surface area contributed by atoms with Gasteiger partial charge in [-0.15, -0.1) is 0 Å². The number of urea groups is 1. The highest BCUT2D eigenvalue weighted by atomic mass is 19.2. The van der Waals surface area contributed by atoms with E-state index in [0.717, 1.165) is 12.1 Å². The van der Waals surface area contributed by atoms with E-state index in [1.807, 2.05) is 0 Å². The van der Waals surface area contributed by atoms with Crippen LogP contribution < -0.4 is 10.6 Å². The molecule has 2 aromatic rings. The number of carbonyl (C=O) groups excluding carboxylic acids is 1. The van der Waals surface area contributed by atoms with E-state index in [0.29, 0.717) is 18.8 Å². The topological polar surface area (TPSA) is 88.4 Å². The molecule has 130 valence electrons. The number of ether oxygens (including phenoxy) is 1. The van der Waals surface area contributed by atoms with Crippen LogP contribution in [0.1, 0.15) is 11.7 Å². The molecule has 0 radical (unpaired) electrons. The summed E-state index contributed by atoms with van der Waals surface area (Å²) < 4.78 is 32.5. The van der Waals surface area contributed by atoms with E-state index in [4.69, 9.17) is 4.74 Å². The van der Waals surface area contributed by atoms with Crippen LogP contribution in [0, 0.1) is 11.6 Å². The SMILES string of the molecule is COCCn1cc(NC(=O)NC[C@H](O)c2ccc(F)c(F)c2)cn1. The van der Waals surface area contributed by atoms with Crippen LogP contribution in [-0.2, 0) is 11.3 Å². The molecule has 9 heteroatoms. The number of amides is 2. The Morgan fingerprint density at radius 1 is 1.42 bits per heavy atom. The molecule has 0 bridgehead atoms. The molecule has 7 nitrogen and oxygen atoms in total. The fourth-order valence-electron chi connectivity index (χ4n) is 1.94. The summed E-state index contributed by atoms with van der Waals surface area (Å²) in [6, 6.07) is 2.51. The predicted octanol–water partition coefficient (Wildman–Crippen LogP) is 1.66. The third kappa shape index (κ3) is 5.00. The average molecular weight is 340 g/mol. The third-order valence-electron chi connectivity index (χ3n) is 3.20. The van der Waals surface area contributed by atoms with Crippen molar-refractivity contribution < 1.29 is 23.4 Å². The van der Waals surface area contributed by atoms with Crippen LogP contribution in [0.5, 0.6) is 0 Å². The number of anilines is 1. The van der Waals surface area contributed by atoms with Crippen molar-refractivity contribution in [2.24, 2.45) is 0 Å². The van der Waals surface area contributed by atoms with E-state index in [1.54, 1.807) is 18.0 Å². The first-order chi connectivity index (χ1) is 11.5. The minimum Gasteiger partial charge on any atom is -0.387 e. The Kier molecular flexibility index (Phi) is 6.21. The fraction of sp³-hybridized carbons (Fsp3) is 0.333. The molecule has 1 aromatic carbocycles. The molecule has 0 saturated carbocycles. The van der Waals surface area contributed by atoms with Crippen LogP contribution >= 0.6 is 0 Å². The van der Waals surface area contributed by atoms with Crippen molar-refractivity contribution in [2.75, 3.05) is 25.6 Å². The molecule has 0 spiro atoms. The number of carbonyl (C=O) groups is 1. The van der Waals surface area contributed by atoms with E-state index in [1.165, 1.54) is 12.3 Å². The Morgan fingerprint density at radius 3 is 2.92 bits per heavy atom. The van der Waals surface area contributed by atoms with Crippen molar-refractivity contribution in [1.82, 2.24) is 15.1 Å². The van der Waals surface area contributed by atoms with Crippen LogP contribution in [0.15, 0.2) is 30.6 Å². The molecule has 1 aromatic heterocycles. The van der Waals surface area contributed by atoms with Gasteiger partial charge in [0.15, 0.2) is 11.6 Å². The van der Waals surface area contributed by atoms with Gasteiger partial charge in [0, 0.05) is 19.9 Å². The second-order valence-electron chi connectivity index (χ2n) is 5.01. The smallest absolute Gasteiger partial charge is 0.319 e. The number of methoxy groups -OCH3 is 1. The summed E-state index contributed by atoms with van der Waals surface area (Å²) in [5, 5.41) is 18.9. The molecule has 0 fully saturated rings. The summed E-state index contributed by atoms with van der Waals surface area (Å²) in [5.74, 6) is -2.05. The second kappa shape index (κ2) is 8.37. The second-order valence-corrected chi connectivity index (χ2v) is 5.01. The first-order valence-corrected chi connectivity index (χ1v) is 7.19. The van der Waals surface area contributed by atoms with Crippen molar-refractivity contribution in [3.05, 3.63) is 47.8 Å². The third-order valence-corrected chi connectivity index (χ3v) is 3.20. The Morgan fingerprint density at radius 2 is 2.21 bits per heavy atom. The van der Waals surface area contributed by atoms with Crippen molar-refractivity contribution in [3.8, 4) is 0 Å². The summed E-state index contributed by atoms with van der Waals surface area (Å²) in [4.78, 5) is 11.8. The molecule has 0 aliphatic heterocycles. The molecule has 0 aliphatic carbocycles. The number of aliphatic hydroxyl groups is 1. The number of hydrogen-bond acceptors (Lipinski definition) is 4. The monoisotopic (exact) mass is 340 g/mol. The summed E-state index contributed by atoms with van der Waals surface area (Å²) >= 11 is 0. The highest BCUT2D eigenvalue weighted by molar-refractivity contribution is 5.88. The quantitative estimate of drug-likeness (QED) is 0.715. The van der Waals surface area contributed by atoms with Gasteiger partial charge in [-0.25, -0.2) is 13.6 Å². The van der Waals surface area contributed by atoms with E-state index < -0.39 is 23.8 Å². The normalized spacial score (nSPS) is 12.0. The number of nitrogens with one attached hydrogen (secondary N) is 2. The standard InChI is InChI=1S/C15H18F2N4O3/c1-24-5-4-21-9-11(7-19-21)20-15(23)18-8-14(22)10-2-3-12(16)13(17)6-10/h2-3,6-7,9,14,22H,4-5,8H2,1H3,(H2,18,20,23)/t14-/m0/s1. The van der Waals surface area contributed by atoms with Gasteiger partial charge < -0.3 is 20.5 Å². The maximum atomic E-state index is 13.1. The van der Waals surface area contributed by atoms with Crippen molar-refractivity contribution >= 4 is 11.7 Å². The minimum atomic E-state index is -1.16. The van der Waals surface area contributed by atoms with E-state index in [9.17, 15) is 18.7 Å². The zero-order chi connectivity index (χ0) is 17.5. The number of benzene rings is 1. The predicted molar refractivity (Wildman–Crippen MR) is 82.4 cm³/mol. The highest BCUT2D eigenvalue weighted by Crippen LogP contribution is 2.15. The molecule has 3 N–H and O–H groups in total. The lowest BCUT2D eigenvalue weighted by molar-refractivity contribution is 0.174. The van der Waals surface area contributed by atoms with E-state index in [-0.39, 0.29) is 12.1 Å². The van der Waals surface area contributed by atoms with Crippen molar-refractivity contribution in [2.45, 2.75) is 12.6 Å². The van der Waals surface area contributed by atoms with Gasteiger partial charge in [-0.3, -0.25) is 4.68 Å². The summed E-state index contributed by atoms with van der Waals surface area (Å²) in [6.07, 6.45) is 1.95. The van der Waals surface area contributed by atoms with Crippen molar-refractivity contribution in [3.63, 3.8) is 0 Å². The van der Waals surface area contributed by atoms with E-state index in [2.05, 4.69) is 15.7 Å². The Bertz CT molecular complexity index is 693. The maximum Gasteiger partial charge on any atom is 0.319 e. The molecule has 1 heterocycles. The van der Waals surface area contributed by atoms with Gasteiger partial charge in [0.05, 0.1) is 31.1 Å². The summed E-state index contributed by atoms with van der Waals surface area (Å²) in [7, 11) is 1.58. The van der Waals surface area contributed by atoms with Crippen LogP contribution in [0.4, 0.5) is 19.3 Å². The van der Waals surface area contributed by atoms with E-state index >= 15 is 0 Å². The van der Waals surface area contributed by atoms with Gasteiger partial charge >= 0.3 is 6.03 Å². The zero-order valence-electron chi connectivity index (χ0n) is 13.0. The molecule has 0 aliphatic rings. The first kappa shape index (κ1) is 17.8. The van der Waals surface area contributed by atoms with Gasteiger partial charge in [-0.05, 0) is 17.7 Å². The van der Waals surface area contributed by atoms with Gasteiger partial charge in [0.2, 0.25) is 0 Å². The van der Waals surface area contributed by atoms with Crippen molar-refractivity contribution in [1.29, 1.82) is 0 Å². The van der Waals surface area contributed by atoms with Gasteiger partial charge in [0.25, 0.3) is 0 Å². The highest BCUT2D eigenvalue weighted by Gasteiger charge is 2.12. The van der Waals surface area contributed by atoms with Crippen LogP contribution in [0.3, 0.4) is 0 Å². The number of hydrogen-bond donors (Lipinski definition) is 3. The first-order valence-electron chi connectivity index (χ1n) is 7.19. The molecule has 2 amide bonds. The fourth-order valence-corrected chi connectivity index (χ4v) is 1.94. The van der Waals surface area contributed by atoms with Crippen LogP contribution in [-0.4, -0.2) is 41.2 Å². The number of aliphatic hydroxyl groups excluding tert-OH is 1. The number of halogens is 2. The minimum absolute atomic E-state index is 0.158. The number of aromatic nitrogens is 2. The molecule has 2 rings (SSSR count). The molecule has 0 unspecified atom stereocenters. The average Bonchev–Trinajstić information content (AvgIpc) is 3.00. The summed E-state index contributed by atoms with van der Waals surface area (Å²) in [5.41, 5.74) is 0.646. The largest absolute Gasteiger partial charge is 0.387 e. The lowest BCUT2D eigenvalue weighted by atomic mass is 10.1. The zero-order valence-corrected chi connectivity index (χ0v) is 13.0. The molecule has 1 atom stereocenters. The Labute approximate surface area is 137 Å². The number of rotatable bonds is 7. The van der Waals surface area contributed by atoms with Gasteiger partial charge in [-0.1, -0.05) is 6.07 Å². The molecule has 24 heavy (non-hydrogen) atoms. The number of nitrogens with zero attached hydrogens (tertiary/aromatic N) is 2. The summed E-state index contributed by atoms with van der Waals surface area (Å²) in [6.45, 7) is 0.886.